The van der Waals surface area contributed by atoms with Crippen molar-refractivity contribution in [3.63, 3.8) is 0 Å². The Balaban J connectivity index is 1.98. The number of unbranched alkanes of at least 4 members (excludes halogenated alkanes) is 7. The van der Waals surface area contributed by atoms with Crippen molar-refractivity contribution < 1.29 is 33.9 Å². The summed E-state index contributed by atoms with van der Waals surface area (Å²) in [7, 11) is 0. The van der Waals surface area contributed by atoms with Gasteiger partial charge in [0.05, 0.1) is 19.1 Å². The molecule has 14 nitrogen and oxygen atoms in total. The number of amides is 6. The van der Waals surface area contributed by atoms with Gasteiger partial charge in [-0.05, 0) is 48.4 Å². The lowest BCUT2D eigenvalue weighted by molar-refractivity contribution is -0.133. The third-order valence-electron chi connectivity index (χ3n) is 8.88. The summed E-state index contributed by atoms with van der Waals surface area (Å²) >= 11 is 0. The van der Waals surface area contributed by atoms with E-state index in [1.54, 1.807) is 36.4 Å². The number of primary amides is 1. The highest BCUT2D eigenvalue weighted by molar-refractivity contribution is 5.95. The molecule has 0 bridgehead atoms. The summed E-state index contributed by atoms with van der Waals surface area (Å²) in [6.07, 6.45) is 9.58. The van der Waals surface area contributed by atoms with Crippen LogP contribution in [-0.4, -0.2) is 77.8 Å². The van der Waals surface area contributed by atoms with Crippen molar-refractivity contribution in [2.75, 3.05) is 13.1 Å². The molecular formula is C40H61N7O7. The Bertz CT molecular complexity index is 1470. The van der Waals surface area contributed by atoms with Crippen molar-refractivity contribution >= 4 is 35.4 Å². The highest BCUT2D eigenvalue weighted by Gasteiger charge is 2.30. The molecule has 0 aromatic heterocycles. The van der Waals surface area contributed by atoms with Crippen LogP contribution in [0.4, 0.5) is 0 Å². The van der Waals surface area contributed by atoms with Crippen molar-refractivity contribution in [2.24, 2.45) is 17.4 Å². The summed E-state index contributed by atoms with van der Waals surface area (Å²) in [5.41, 5.74) is 13.1. The molecule has 0 saturated carbocycles. The number of rotatable bonds is 26. The van der Waals surface area contributed by atoms with Gasteiger partial charge in [-0.25, -0.2) is 0 Å². The summed E-state index contributed by atoms with van der Waals surface area (Å²) in [5.74, 6) is -3.60. The van der Waals surface area contributed by atoms with E-state index in [9.17, 15) is 33.9 Å². The van der Waals surface area contributed by atoms with Crippen molar-refractivity contribution in [1.82, 2.24) is 26.6 Å². The Morgan fingerprint density at radius 3 is 1.80 bits per heavy atom. The molecule has 6 amide bonds. The predicted octanol–water partition coefficient (Wildman–Crippen LogP) is 2.25. The zero-order valence-corrected chi connectivity index (χ0v) is 32.0. The van der Waals surface area contributed by atoms with Gasteiger partial charge in [0.1, 0.15) is 23.9 Å². The topological polar surface area (TPSA) is 235 Å². The van der Waals surface area contributed by atoms with Gasteiger partial charge < -0.3 is 43.2 Å². The average Bonchev–Trinajstić information content (AvgIpc) is 3.13. The predicted molar refractivity (Wildman–Crippen MR) is 208 cm³/mol. The van der Waals surface area contributed by atoms with Gasteiger partial charge in [0, 0.05) is 6.42 Å². The van der Waals surface area contributed by atoms with Gasteiger partial charge in [0.2, 0.25) is 35.4 Å². The van der Waals surface area contributed by atoms with Crippen molar-refractivity contribution in [2.45, 2.75) is 122 Å². The zero-order valence-electron chi connectivity index (χ0n) is 32.0. The van der Waals surface area contributed by atoms with E-state index < -0.39 is 72.7 Å². The van der Waals surface area contributed by atoms with Gasteiger partial charge in [-0.2, -0.15) is 0 Å². The van der Waals surface area contributed by atoms with E-state index in [1.807, 2.05) is 19.9 Å². The maximum atomic E-state index is 13.7. The number of phenolic OH excluding ortho intramolecular Hbond substituents is 1. The summed E-state index contributed by atoms with van der Waals surface area (Å²) in [4.78, 5) is 77.3. The number of carbonyl (C=O) groups is 6. The average molecular weight is 752 g/mol. The van der Waals surface area contributed by atoms with Crippen LogP contribution in [0.15, 0.2) is 54.6 Å². The largest absolute Gasteiger partial charge is 0.508 e. The molecular weight excluding hydrogens is 690 g/mol. The van der Waals surface area contributed by atoms with Crippen LogP contribution in [0.5, 0.6) is 5.75 Å². The summed E-state index contributed by atoms with van der Waals surface area (Å²) in [5, 5.41) is 22.4. The van der Waals surface area contributed by atoms with Crippen LogP contribution in [0.25, 0.3) is 0 Å². The first-order valence-corrected chi connectivity index (χ1v) is 19.1. The number of carbonyl (C=O) groups excluding carboxylic acids is 6. The van der Waals surface area contributed by atoms with Crippen LogP contribution in [0, 0.1) is 5.92 Å². The lowest BCUT2D eigenvalue weighted by atomic mass is 10.00. The molecule has 0 heterocycles. The van der Waals surface area contributed by atoms with Gasteiger partial charge >= 0.3 is 0 Å². The molecule has 0 aliphatic carbocycles. The molecule has 0 fully saturated rings. The van der Waals surface area contributed by atoms with E-state index in [0.717, 1.165) is 36.8 Å². The minimum atomic E-state index is -1.11. The van der Waals surface area contributed by atoms with Gasteiger partial charge in [0.25, 0.3) is 0 Å². The van der Waals surface area contributed by atoms with Gasteiger partial charge in [-0.3, -0.25) is 28.8 Å². The van der Waals surface area contributed by atoms with E-state index in [2.05, 4.69) is 33.5 Å². The third-order valence-corrected chi connectivity index (χ3v) is 8.88. The number of nitrogens with two attached hydrogens (primary N) is 2. The van der Waals surface area contributed by atoms with Crippen LogP contribution in [0.2, 0.25) is 0 Å². The Morgan fingerprint density at radius 1 is 0.630 bits per heavy atom. The Hall–Kier alpha value is -4.98. The lowest BCUT2D eigenvalue weighted by Gasteiger charge is -2.26. The molecule has 2 aromatic rings. The van der Waals surface area contributed by atoms with E-state index >= 15 is 0 Å². The first-order valence-electron chi connectivity index (χ1n) is 19.1. The molecule has 298 valence electrons. The smallest absolute Gasteiger partial charge is 0.243 e. The quantitative estimate of drug-likeness (QED) is 0.0663. The first kappa shape index (κ1) is 45.2. The molecule has 0 radical (unpaired) electrons. The van der Waals surface area contributed by atoms with Gasteiger partial charge in [0.15, 0.2) is 0 Å². The molecule has 0 aliphatic heterocycles. The molecule has 4 atom stereocenters. The number of hydrogen-bond acceptors (Lipinski definition) is 8. The van der Waals surface area contributed by atoms with Crippen LogP contribution in [-0.2, 0) is 41.6 Å². The van der Waals surface area contributed by atoms with Crippen LogP contribution in [0.3, 0.4) is 0 Å². The fourth-order valence-corrected chi connectivity index (χ4v) is 5.84. The summed E-state index contributed by atoms with van der Waals surface area (Å²) in [6, 6.07) is 11.3. The SMILES string of the molecule is CCCCCCCCCC[C@H](NC(=O)[C@H](CC(C)C)NC(=O)[C@H](Cc1ccccc1)NC(=O)CNC(=O)CNC(=O)[C@@H](N)Cc1ccc(O)cc1)C(N)=O. The Kier molecular flexibility index (Phi) is 21.0. The minimum Gasteiger partial charge on any atom is -0.508 e. The van der Waals surface area contributed by atoms with E-state index in [4.69, 9.17) is 11.5 Å². The third kappa shape index (κ3) is 18.7. The van der Waals surface area contributed by atoms with E-state index in [1.165, 1.54) is 37.8 Å². The number of phenols is 1. The van der Waals surface area contributed by atoms with Crippen LogP contribution in [0.1, 0.15) is 96.1 Å². The standard InChI is InChI=1S/C40H61N7O7/c1-4-5-6-7-8-9-10-14-17-32(37(42)51)46-39(53)33(22-27(2)3)47-40(54)34(24-28-15-12-11-13-16-28)45-36(50)26-43-35(49)25-44-38(52)31(41)23-29-18-20-30(48)21-19-29/h11-13,15-16,18-21,27,31-34,48H,4-10,14,17,22-26,41H2,1-3H3,(H2,42,51)(H,43,49)(H,44,52)(H,45,50)(H,46,53)(H,47,54)/t31-,32-,33-,34-/m0/s1. The maximum absolute atomic E-state index is 13.7. The maximum Gasteiger partial charge on any atom is 0.243 e. The Morgan fingerprint density at radius 2 is 1.19 bits per heavy atom. The second kappa shape index (κ2) is 25.1. The molecule has 0 spiro atoms. The monoisotopic (exact) mass is 751 g/mol. The molecule has 0 unspecified atom stereocenters. The van der Waals surface area contributed by atoms with Crippen LogP contribution < -0.4 is 38.1 Å². The number of benzene rings is 2. The molecule has 2 aromatic carbocycles. The van der Waals surface area contributed by atoms with E-state index in [0.29, 0.717) is 6.42 Å². The van der Waals surface area contributed by atoms with Gasteiger partial charge in [-0.15, -0.1) is 0 Å². The van der Waals surface area contributed by atoms with Crippen LogP contribution >= 0.6 is 0 Å². The highest BCUT2D eigenvalue weighted by Crippen LogP contribution is 2.13. The zero-order chi connectivity index (χ0) is 39.9. The molecule has 0 saturated heterocycles. The van der Waals surface area contributed by atoms with Crippen molar-refractivity contribution in [1.29, 1.82) is 0 Å². The summed E-state index contributed by atoms with van der Waals surface area (Å²) in [6.45, 7) is 5.06. The molecule has 10 N–H and O–H groups in total. The normalized spacial score (nSPS) is 13.2. The summed E-state index contributed by atoms with van der Waals surface area (Å²) < 4.78 is 0. The number of aromatic hydroxyl groups is 1. The first-order chi connectivity index (χ1) is 25.8. The van der Waals surface area contributed by atoms with E-state index in [-0.39, 0.29) is 30.9 Å². The molecule has 14 heteroatoms. The number of hydrogen-bond donors (Lipinski definition) is 8. The van der Waals surface area contributed by atoms with Gasteiger partial charge in [-0.1, -0.05) is 115 Å². The second-order valence-corrected chi connectivity index (χ2v) is 14.2. The minimum absolute atomic E-state index is 0.000939. The molecule has 54 heavy (non-hydrogen) atoms. The van der Waals surface area contributed by atoms with Crippen molar-refractivity contribution in [3.8, 4) is 5.75 Å². The second-order valence-electron chi connectivity index (χ2n) is 14.2. The number of nitrogens with one attached hydrogen (secondary N) is 5. The lowest BCUT2D eigenvalue weighted by Crippen LogP contribution is -2.57. The fraction of sp³-hybridized carbons (Fsp3) is 0.550. The Labute approximate surface area is 319 Å². The molecule has 0 aliphatic rings. The fourth-order valence-electron chi connectivity index (χ4n) is 5.84. The molecule has 2 rings (SSSR count). The van der Waals surface area contributed by atoms with Crippen molar-refractivity contribution in [3.05, 3.63) is 65.7 Å². The highest BCUT2D eigenvalue weighted by atomic mass is 16.3.